The molecule has 0 aromatic heterocycles. The molecule has 1 fully saturated rings. The fourth-order valence-electron chi connectivity index (χ4n) is 2.08. The van der Waals surface area contributed by atoms with Crippen LogP contribution >= 0.6 is 0 Å². The van der Waals surface area contributed by atoms with Crippen LogP contribution in [0.5, 0.6) is 5.75 Å². The van der Waals surface area contributed by atoms with Gasteiger partial charge in [-0.25, -0.2) is 0 Å². The van der Waals surface area contributed by atoms with E-state index in [2.05, 4.69) is 6.07 Å². The fraction of sp³-hybridized carbons (Fsp3) is 0.533. The van der Waals surface area contributed by atoms with Crippen LogP contribution in [0.1, 0.15) is 30.9 Å². The van der Waals surface area contributed by atoms with Crippen molar-refractivity contribution in [3.8, 4) is 5.75 Å². The molecule has 0 bridgehead atoms. The Morgan fingerprint density at radius 1 is 1.39 bits per heavy atom. The molecule has 0 aliphatic heterocycles. The lowest BCUT2D eigenvalue weighted by Crippen LogP contribution is -2.08. The minimum absolute atomic E-state index is 0.203. The predicted molar refractivity (Wildman–Crippen MR) is 69.8 cm³/mol. The van der Waals surface area contributed by atoms with Crippen molar-refractivity contribution in [2.45, 2.75) is 32.6 Å². The Hall–Kier alpha value is -1.51. The maximum absolute atomic E-state index is 11.5. The average Bonchev–Trinajstić information content (AvgIpc) is 3.15. The maximum atomic E-state index is 11.5. The van der Waals surface area contributed by atoms with E-state index in [0.29, 0.717) is 6.61 Å². The molecule has 18 heavy (non-hydrogen) atoms. The van der Waals surface area contributed by atoms with Crippen molar-refractivity contribution in [3.63, 3.8) is 0 Å². The zero-order valence-corrected chi connectivity index (χ0v) is 11.1. The van der Waals surface area contributed by atoms with Gasteiger partial charge in [-0.15, -0.1) is 0 Å². The molecule has 1 aromatic carbocycles. The van der Waals surface area contributed by atoms with Crippen molar-refractivity contribution in [1.82, 2.24) is 0 Å². The summed E-state index contributed by atoms with van der Waals surface area (Å²) >= 11 is 0. The Morgan fingerprint density at radius 3 is 2.78 bits per heavy atom. The Balaban J connectivity index is 2.06. The molecule has 2 rings (SSSR count). The quantitative estimate of drug-likeness (QED) is 0.726. The van der Waals surface area contributed by atoms with E-state index in [-0.39, 0.29) is 12.4 Å². The summed E-state index contributed by atoms with van der Waals surface area (Å²) in [6, 6.07) is 6.12. The summed E-state index contributed by atoms with van der Waals surface area (Å²) in [6.45, 7) is 2.23. The Kier molecular flexibility index (Phi) is 4.24. The van der Waals surface area contributed by atoms with Gasteiger partial charge in [0.1, 0.15) is 5.75 Å². The molecule has 0 spiro atoms. The van der Waals surface area contributed by atoms with Crippen molar-refractivity contribution in [3.05, 3.63) is 29.3 Å². The van der Waals surface area contributed by atoms with Gasteiger partial charge in [0.15, 0.2) is 0 Å². The second-order valence-electron chi connectivity index (χ2n) is 4.78. The number of hydrogen-bond acceptors (Lipinski definition) is 3. The molecule has 0 amide bonds. The molecule has 98 valence electrons. The summed E-state index contributed by atoms with van der Waals surface area (Å²) in [5.41, 5.74) is 2.19. The molecule has 1 aromatic rings. The lowest BCUT2D eigenvalue weighted by Gasteiger charge is -2.10. The van der Waals surface area contributed by atoms with Crippen LogP contribution in [-0.4, -0.2) is 19.7 Å². The van der Waals surface area contributed by atoms with Gasteiger partial charge in [-0.2, -0.15) is 0 Å². The van der Waals surface area contributed by atoms with Crippen molar-refractivity contribution in [2.75, 3.05) is 13.7 Å². The highest BCUT2D eigenvalue weighted by Gasteiger charge is 2.22. The van der Waals surface area contributed by atoms with E-state index in [4.69, 9.17) is 9.47 Å². The standard InChI is InChI=1S/C15H20O3/c1-3-18-15(16)10-13-7-6-12(8-11-4-5-11)9-14(13)17-2/h6-7,9,11H,3-5,8,10H2,1-2H3. The first kappa shape index (κ1) is 12.9. The summed E-state index contributed by atoms with van der Waals surface area (Å²) in [5, 5.41) is 0. The fourth-order valence-corrected chi connectivity index (χ4v) is 2.08. The van der Waals surface area contributed by atoms with Gasteiger partial charge in [-0.05, 0) is 43.7 Å². The zero-order chi connectivity index (χ0) is 13.0. The zero-order valence-electron chi connectivity index (χ0n) is 11.1. The van der Waals surface area contributed by atoms with Crippen LogP contribution in [-0.2, 0) is 22.4 Å². The Labute approximate surface area is 108 Å². The third-order valence-electron chi connectivity index (χ3n) is 3.21. The molecule has 0 N–H and O–H groups in total. The van der Waals surface area contributed by atoms with Crippen molar-refractivity contribution < 1.29 is 14.3 Å². The van der Waals surface area contributed by atoms with E-state index in [0.717, 1.165) is 23.7 Å². The van der Waals surface area contributed by atoms with Crippen LogP contribution in [0.2, 0.25) is 0 Å². The average molecular weight is 248 g/mol. The van der Waals surface area contributed by atoms with Crippen molar-refractivity contribution in [1.29, 1.82) is 0 Å². The van der Waals surface area contributed by atoms with Gasteiger partial charge in [0.05, 0.1) is 20.1 Å². The smallest absolute Gasteiger partial charge is 0.310 e. The van der Waals surface area contributed by atoms with Crippen LogP contribution in [0.3, 0.4) is 0 Å². The normalized spacial score (nSPS) is 14.3. The van der Waals surface area contributed by atoms with E-state index in [1.165, 1.54) is 18.4 Å². The molecule has 0 radical (unpaired) electrons. The number of hydrogen-bond donors (Lipinski definition) is 0. The van der Waals surface area contributed by atoms with Crippen molar-refractivity contribution in [2.24, 2.45) is 5.92 Å². The predicted octanol–water partition coefficient (Wildman–Crippen LogP) is 2.75. The number of ether oxygens (including phenoxy) is 2. The van der Waals surface area contributed by atoms with Crippen LogP contribution in [0, 0.1) is 5.92 Å². The van der Waals surface area contributed by atoms with Gasteiger partial charge in [0, 0.05) is 5.56 Å². The molecule has 0 heterocycles. The van der Waals surface area contributed by atoms with Gasteiger partial charge in [-0.3, -0.25) is 4.79 Å². The molecule has 1 saturated carbocycles. The molecule has 1 aliphatic rings. The van der Waals surface area contributed by atoms with Crippen LogP contribution in [0.15, 0.2) is 18.2 Å². The van der Waals surface area contributed by atoms with Crippen molar-refractivity contribution >= 4 is 5.97 Å². The van der Waals surface area contributed by atoms with Crippen LogP contribution in [0.4, 0.5) is 0 Å². The lowest BCUT2D eigenvalue weighted by atomic mass is 10.0. The second-order valence-corrected chi connectivity index (χ2v) is 4.78. The minimum atomic E-state index is -0.203. The highest BCUT2D eigenvalue weighted by molar-refractivity contribution is 5.73. The summed E-state index contributed by atoms with van der Waals surface area (Å²) in [4.78, 5) is 11.5. The topological polar surface area (TPSA) is 35.5 Å². The molecule has 0 saturated heterocycles. The van der Waals surface area contributed by atoms with Gasteiger partial charge in [0.2, 0.25) is 0 Å². The van der Waals surface area contributed by atoms with Gasteiger partial charge >= 0.3 is 5.97 Å². The first-order valence-corrected chi connectivity index (χ1v) is 6.54. The summed E-state index contributed by atoms with van der Waals surface area (Å²) in [6.07, 6.45) is 4.08. The van der Waals surface area contributed by atoms with Crippen LogP contribution < -0.4 is 4.74 Å². The largest absolute Gasteiger partial charge is 0.496 e. The second kappa shape index (κ2) is 5.89. The molecular formula is C15H20O3. The van der Waals surface area contributed by atoms with E-state index in [1.54, 1.807) is 7.11 Å². The summed E-state index contributed by atoms with van der Waals surface area (Å²) in [5.74, 6) is 1.44. The third kappa shape index (κ3) is 3.49. The number of esters is 1. The highest BCUT2D eigenvalue weighted by atomic mass is 16.5. The highest BCUT2D eigenvalue weighted by Crippen LogP contribution is 2.33. The maximum Gasteiger partial charge on any atom is 0.310 e. The Morgan fingerprint density at radius 2 is 2.17 bits per heavy atom. The van der Waals surface area contributed by atoms with Gasteiger partial charge < -0.3 is 9.47 Å². The monoisotopic (exact) mass is 248 g/mol. The van der Waals surface area contributed by atoms with E-state index in [1.807, 2.05) is 19.1 Å². The van der Waals surface area contributed by atoms with Gasteiger partial charge in [-0.1, -0.05) is 12.1 Å². The van der Waals surface area contributed by atoms with E-state index in [9.17, 15) is 4.79 Å². The number of carbonyl (C=O) groups is 1. The minimum Gasteiger partial charge on any atom is -0.496 e. The van der Waals surface area contributed by atoms with Crippen LogP contribution in [0.25, 0.3) is 0 Å². The molecular weight excluding hydrogens is 228 g/mol. The van der Waals surface area contributed by atoms with Gasteiger partial charge in [0.25, 0.3) is 0 Å². The number of methoxy groups -OCH3 is 1. The Bertz CT molecular complexity index is 422. The molecule has 0 atom stereocenters. The first-order chi connectivity index (χ1) is 8.72. The lowest BCUT2D eigenvalue weighted by molar-refractivity contribution is -0.142. The SMILES string of the molecule is CCOC(=O)Cc1ccc(CC2CC2)cc1OC. The van der Waals surface area contributed by atoms with E-state index >= 15 is 0 Å². The molecule has 3 nitrogen and oxygen atoms in total. The van der Waals surface area contributed by atoms with E-state index < -0.39 is 0 Å². The third-order valence-corrected chi connectivity index (χ3v) is 3.21. The molecule has 1 aliphatic carbocycles. The summed E-state index contributed by atoms with van der Waals surface area (Å²) < 4.78 is 10.3. The number of carbonyl (C=O) groups excluding carboxylic acids is 1. The first-order valence-electron chi connectivity index (χ1n) is 6.54. The number of rotatable bonds is 6. The summed E-state index contributed by atoms with van der Waals surface area (Å²) in [7, 11) is 1.64. The molecule has 0 unspecified atom stereocenters. The molecule has 3 heteroatoms. The number of benzene rings is 1.